The standard InChI is InChI=1S/C47H61N11O6/c1-25(2)37(52-45(61)62)43(59)56-19-9-11-35(56)41-50-31-21-27(23-48-39(31)54-41)33-17-18-34(58(33)30-15-13-29(14-16-30)47(5,6)7)28-22-32-40(49-24-28)55-42(51-32)36-12-10-20-57(36)44(60)38(26(3)4)53-46(63)64-8/h13-16,21-26,33-38,52H,9-12,17-20H2,1-8H3,(H,53,63)(H,61,62)(H,48,50,54)(H,49,51,55)/t33?,34?,35-,36-,37-,38-/m0/s1. The number of aromatic nitrogens is 6. The van der Waals surface area contributed by atoms with E-state index in [4.69, 9.17) is 24.7 Å². The average Bonchev–Trinajstić information content (AvgIpc) is 4.11. The molecule has 3 fully saturated rings. The van der Waals surface area contributed by atoms with Crippen molar-refractivity contribution in [3.05, 3.63) is 77.1 Å². The summed E-state index contributed by atoms with van der Waals surface area (Å²) in [6.45, 7) is 15.2. The zero-order chi connectivity index (χ0) is 45.6. The van der Waals surface area contributed by atoms with Crippen LogP contribution in [0.15, 0.2) is 48.8 Å². The number of anilines is 1. The van der Waals surface area contributed by atoms with E-state index in [0.29, 0.717) is 42.5 Å². The molecular formula is C47H61N11O6. The van der Waals surface area contributed by atoms with Gasteiger partial charge in [-0.15, -0.1) is 0 Å². The first-order chi connectivity index (χ1) is 30.5. The third-order valence-electron chi connectivity index (χ3n) is 13.2. The number of carboxylic acid groups (broad SMARTS) is 1. The lowest BCUT2D eigenvalue weighted by Gasteiger charge is -2.33. The number of aromatic amines is 2. The van der Waals surface area contributed by atoms with Crippen LogP contribution >= 0.6 is 0 Å². The minimum Gasteiger partial charge on any atom is -0.465 e. The summed E-state index contributed by atoms with van der Waals surface area (Å²) < 4.78 is 4.82. The zero-order valence-electron chi connectivity index (χ0n) is 38.0. The van der Waals surface area contributed by atoms with Gasteiger partial charge in [-0.25, -0.2) is 29.5 Å². The lowest BCUT2D eigenvalue weighted by molar-refractivity contribution is -0.136. The molecule has 5 N–H and O–H groups in total. The number of nitrogens with one attached hydrogen (secondary N) is 4. The molecule has 17 nitrogen and oxygen atoms in total. The van der Waals surface area contributed by atoms with Crippen molar-refractivity contribution in [2.24, 2.45) is 11.8 Å². The summed E-state index contributed by atoms with van der Waals surface area (Å²) in [7, 11) is 1.29. The number of fused-ring (bicyclic) bond motifs is 2. The number of methoxy groups -OCH3 is 1. The molecule has 0 spiro atoms. The third kappa shape index (κ3) is 8.68. The fourth-order valence-electron chi connectivity index (χ4n) is 9.84. The Balaban J connectivity index is 1.09. The molecule has 0 saturated carbocycles. The van der Waals surface area contributed by atoms with Crippen molar-refractivity contribution in [1.29, 1.82) is 0 Å². The number of pyridine rings is 2. The fraction of sp³-hybridized carbons (Fsp3) is 0.532. The monoisotopic (exact) mass is 875 g/mol. The summed E-state index contributed by atoms with van der Waals surface area (Å²) in [5.74, 6) is 0.539. The van der Waals surface area contributed by atoms with Crippen LogP contribution in [0.4, 0.5) is 15.3 Å². The van der Waals surface area contributed by atoms with Gasteiger partial charge in [-0.2, -0.15) is 0 Å². The van der Waals surface area contributed by atoms with Crippen LogP contribution in [0.1, 0.15) is 139 Å². The van der Waals surface area contributed by atoms with E-state index in [0.717, 1.165) is 60.0 Å². The summed E-state index contributed by atoms with van der Waals surface area (Å²) in [5.41, 5.74) is 7.06. The van der Waals surface area contributed by atoms with Crippen LogP contribution in [-0.4, -0.2) is 101 Å². The van der Waals surface area contributed by atoms with Gasteiger partial charge in [0, 0.05) is 31.2 Å². The lowest BCUT2D eigenvalue weighted by Crippen LogP contribution is -2.51. The number of nitrogens with zero attached hydrogens (tertiary/aromatic N) is 7. The Morgan fingerprint density at radius 1 is 0.719 bits per heavy atom. The Kier molecular flexibility index (Phi) is 12.3. The number of ether oxygens (including phenoxy) is 1. The Morgan fingerprint density at radius 3 is 1.61 bits per heavy atom. The maximum Gasteiger partial charge on any atom is 0.407 e. The number of rotatable bonds is 11. The first-order valence-electron chi connectivity index (χ1n) is 22.6. The van der Waals surface area contributed by atoms with Crippen molar-refractivity contribution < 1.29 is 29.0 Å². The van der Waals surface area contributed by atoms with Crippen molar-refractivity contribution in [1.82, 2.24) is 50.3 Å². The van der Waals surface area contributed by atoms with Crippen LogP contribution in [0.2, 0.25) is 0 Å². The highest BCUT2D eigenvalue weighted by atomic mass is 16.5. The minimum atomic E-state index is -1.22. The fourth-order valence-corrected chi connectivity index (χ4v) is 9.84. The van der Waals surface area contributed by atoms with Gasteiger partial charge in [0.25, 0.3) is 0 Å². The largest absolute Gasteiger partial charge is 0.465 e. The van der Waals surface area contributed by atoms with Gasteiger partial charge in [0.1, 0.15) is 23.7 Å². The molecule has 5 aromatic rings. The summed E-state index contributed by atoms with van der Waals surface area (Å²) >= 11 is 0. The Morgan fingerprint density at radius 2 is 1.19 bits per heavy atom. The van der Waals surface area contributed by atoms with Gasteiger partial charge in [0.15, 0.2) is 11.3 Å². The molecule has 17 heteroatoms. The van der Waals surface area contributed by atoms with Crippen LogP contribution in [0, 0.1) is 11.8 Å². The molecule has 6 atom stereocenters. The Labute approximate surface area is 373 Å². The summed E-state index contributed by atoms with van der Waals surface area (Å²) in [5, 5.41) is 14.6. The highest BCUT2D eigenvalue weighted by Gasteiger charge is 2.41. The highest BCUT2D eigenvalue weighted by molar-refractivity contribution is 5.87. The number of benzene rings is 1. The van der Waals surface area contributed by atoms with Gasteiger partial charge in [0.2, 0.25) is 11.8 Å². The number of carbonyl (C=O) groups excluding carboxylic acids is 3. The van der Waals surface area contributed by atoms with E-state index in [1.807, 2.05) is 45.0 Å². The second kappa shape index (κ2) is 17.7. The average molecular weight is 876 g/mol. The van der Waals surface area contributed by atoms with E-state index in [9.17, 15) is 24.3 Å². The van der Waals surface area contributed by atoms with E-state index in [1.165, 1.54) is 12.7 Å². The first-order valence-corrected chi connectivity index (χ1v) is 22.6. The molecule has 3 aliphatic rings. The van der Waals surface area contributed by atoms with E-state index in [2.05, 4.69) is 82.7 Å². The first kappa shape index (κ1) is 44.4. The molecule has 3 aliphatic heterocycles. The molecule has 8 rings (SSSR count). The highest BCUT2D eigenvalue weighted by Crippen LogP contribution is 2.48. The van der Waals surface area contributed by atoms with Crippen molar-refractivity contribution >= 4 is 52.0 Å². The van der Waals surface area contributed by atoms with Crippen molar-refractivity contribution in [2.75, 3.05) is 25.1 Å². The number of likely N-dealkylation sites (tertiary alicyclic amines) is 2. The van der Waals surface area contributed by atoms with Crippen LogP contribution in [0.5, 0.6) is 0 Å². The maximum atomic E-state index is 13.9. The number of imidazole rings is 2. The lowest BCUT2D eigenvalue weighted by atomic mass is 9.87. The quantitative estimate of drug-likeness (QED) is 0.0871. The SMILES string of the molecule is COC(=O)N[C@H](C(=O)N1CCC[C@H]1c1nc2ncc(C3CCC(c4cnc5nc([C@@H]6CCCN6C(=O)[C@@H](NC(=O)O)C(C)C)[nH]c5c4)N3c3ccc(C(C)(C)C)cc3)cc2[nH]1)C(C)C. The molecule has 0 bridgehead atoms. The minimum absolute atomic E-state index is 0.0159. The topological polar surface area (TPSA) is 215 Å². The molecule has 4 aromatic heterocycles. The predicted octanol–water partition coefficient (Wildman–Crippen LogP) is 7.61. The number of hydrogen-bond donors (Lipinski definition) is 5. The Bertz CT molecular complexity index is 2530. The van der Waals surface area contributed by atoms with Gasteiger partial charge >= 0.3 is 12.2 Å². The number of hydrogen-bond acceptors (Lipinski definition) is 10. The van der Waals surface area contributed by atoms with Gasteiger partial charge in [0.05, 0.1) is 42.3 Å². The van der Waals surface area contributed by atoms with Crippen molar-refractivity contribution in [2.45, 2.75) is 129 Å². The van der Waals surface area contributed by atoms with Gasteiger partial charge < -0.3 is 45.1 Å². The predicted molar refractivity (Wildman–Crippen MR) is 241 cm³/mol. The molecule has 1 aromatic carbocycles. The second-order valence-corrected chi connectivity index (χ2v) is 19.2. The molecule has 0 aliphatic carbocycles. The number of amides is 4. The van der Waals surface area contributed by atoms with E-state index < -0.39 is 24.3 Å². The Hall–Kier alpha value is -6.26. The van der Waals surface area contributed by atoms with Crippen molar-refractivity contribution in [3.63, 3.8) is 0 Å². The molecule has 3 saturated heterocycles. The normalized spacial score (nSPS) is 21.3. The van der Waals surface area contributed by atoms with E-state index in [-0.39, 0.29) is 53.2 Å². The van der Waals surface area contributed by atoms with Crippen LogP contribution in [0.25, 0.3) is 22.3 Å². The van der Waals surface area contributed by atoms with E-state index >= 15 is 0 Å². The van der Waals surface area contributed by atoms with Crippen LogP contribution < -0.4 is 15.5 Å². The summed E-state index contributed by atoms with van der Waals surface area (Å²) in [4.78, 5) is 83.8. The smallest absolute Gasteiger partial charge is 0.407 e. The number of alkyl carbamates (subject to hydrolysis) is 1. The van der Waals surface area contributed by atoms with Gasteiger partial charge in [-0.3, -0.25) is 9.59 Å². The maximum absolute atomic E-state index is 13.9. The second-order valence-electron chi connectivity index (χ2n) is 19.2. The zero-order valence-corrected chi connectivity index (χ0v) is 38.0. The number of H-pyrrole nitrogens is 2. The molecule has 4 amide bonds. The molecule has 2 unspecified atom stereocenters. The molecule has 64 heavy (non-hydrogen) atoms. The molecule has 0 radical (unpaired) electrons. The van der Waals surface area contributed by atoms with Crippen LogP contribution in [0.3, 0.4) is 0 Å². The van der Waals surface area contributed by atoms with Crippen molar-refractivity contribution in [3.8, 4) is 0 Å². The molecule has 340 valence electrons. The van der Waals surface area contributed by atoms with Gasteiger partial charge in [-0.1, -0.05) is 60.6 Å². The molecule has 7 heterocycles. The van der Waals surface area contributed by atoms with E-state index in [1.54, 1.807) is 4.90 Å². The van der Waals surface area contributed by atoms with Crippen LogP contribution in [-0.2, 0) is 19.7 Å². The summed E-state index contributed by atoms with van der Waals surface area (Å²) in [6.07, 6.45) is 6.69. The number of carbonyl (C=O) groups is 4. The third-order valence-corrected chi connectivity index (χ3v) is 13.2. The van der Waals surface area contributed by atoms with Gasteiger partial charge in [-0.05, 0) is 96.7 Å². The molecular weight excluding hydrogens is 815 g/mol. The summed E-state index contributed by atoms with van der Waals surface area (Å²) in [6, 6.07) is 10.8.